The summed E-state index contributed by atoms with van der Waals surface area (Å²) < 4.78 is 0. The van der Waals surface area contributed by atoms with Crippen molar-refractivity contribution in [1.82, 2.24) is 15.1 Å². The first-order chi connectivity index (χ1) is 18.4. The Labute approximate surface area is 229 Å². The minimum atomic E-state index is -0.579. The standard InChI is InChI=1S/C32H48N4O2/c1-24(28-15-9-4-10-16-28)29(37)35-19-17-27(23-35)18-20-36-30(38)32(34-31(36)33,21-25-11-5-2-6-12-25)22-26-13-7-3-8-14-26/h4,9-10,15-16,24-27H,2-3,5-8,11-14,17-23H2,1H3,(H2,33,34). The predicted molar refractivity (Wildman–Crippen MR) is 152 cm³/mol. The topological polar surface area (TPSA) is 76.5 Å². The molecule has 0 bridgehead atoms. The third-order valence-electron chi connectivity index (χ3n) is 10.0. The van der Waals surface area contributed by atoms with E-state index in [0.29, 0.717) is 30.3 Å². The molecule has 208 valence electrons. The molecule has 5 rings (SSSR count). The normalized spacial score (nSPS) is 25.6. The molecule has 6 nitrogen and oxygen atoms in total. The molecule has 2 aliphatic heterocycles. The molecule has 1 aromatic rings. The Morgan fingerprint density at radius 3 is 2.16 bits per heavy atom. The second-order valence-electron chi connectivity index (χ2n) is 12.8. The van der Waals surface area contributed by atoms with E-state index in [4.69, 9.17) is 5.41 Å². The molecule has 0 aromatic heterocycles. The fourth-order valence-electron chi connectivity index (χ4n) is 7.79. The minimum Gasteiger partial charge on any atom is -0.342 e. The molecule has 38 heavy (non-hydrogen) atoms. The second kappa shape index (κ2) is 12.2. The molecule has 4 fully saturated rings. The van der Waals surface area contributed by atoms with Crippen LogP contribution in [0.1, 0.15) is 108 Å². The summed E-state index contributed by atoms with van der Waals surface area (Å²) in [6, 6.07) is 10.0. The third kappa shape index (κ3) is 6.10. The van der Waals surface area contributed by atoms with Crippen molar-refractivity contribution >= 4 is 17.8 Å². The van der Waals surface area contributed by atoms with E-state index in [1.807, 2.05) is 42.2 Å². The maximum Gasteiger partial charge on any atom is 0.255 e. The van der Waals surface area contributed by atoms with E-state index < -0.39 is 5.54 Å². The quantitative estimate of drug-likeness (QED) is 0.415. The van der Waals surface area contributed by atoms with Crippen LogP contribution >= 0.6 is 0 Å². The van der Waals surface area contributed by atoms with Gasteiger partial charge in [0.15, 0.2) is 5.96 Å². The van der Waals surface area contributed by atoms with E-state index in [2.05, 4.69) is 5.32 Å². The number of carbonyl (C=O) groups is 2. The molecule has 2 amide bonds. The lowest BCUT2D eigenvalue weighted by atomic mass is 9.73. The highest BCUT2D eigenvalue weighted by molar-refractivity contribution is 6.07. The van der Waals surface area contributed by atoms with Crippen molar-refractivity contribution in [1.29, 1.82) is 5.41 Å². The number of nitrogens with one attached hydrogen (secondary N) is 2. The Bertz CT molecular complexity index is 947. The molecule has 0 radical (unpaired) electrons. The Kier molecular flexibility index (Phi) is 8.74. The molecule has 2 heterocycles. The zero-order valence-electron chi connectivity index (χ0n) is 23.4. The summed E-state index contributed by atoms with van der Waals surface area (Å²) >= 11 is 0. The van der Waals surface area contributed by atoms with Crippen molar-refractivity contribution in [3.05, 3.63) is 35.9 Å². The summed E-state index contributed by atoms with van der Waals surface area (Å²) in [5.74, 6) is 2.11. The van der Waals surface area contributed by atoms with Crippen LogP contribution in [-0.4, -0.2) is 52.7 Å². The number of carbonyl (C=O) groups excluding carboxylic acids is 2. The molecule has 4 aliphatic rings. The molecule has 2 saturated carbocycles. The van der Waals surface area contributed by atoms with E-state index in [1.165, 1.54) is 64.2 Å². The van der Waals surface area contributed by atoms with E-state index >= 15 is 0 Å². The Hall–Kier alpha value is -2.37. The molecule has 2 saturated heterocycles. The number of rotatable bonds is 9. The molecule has 1 aromatic carbocycles. The summed E-state index contributed by atoms with van der Waals surface area (Å²) in [5, 5.41) is 12.3. The van der Waals surface area contributed by atoms with Crippen molar-refractivity contribution in [2.45, 2.75) is 108 Å². The van der Waals surface area contributed by atoms with Crippen molar-refractivity contribution in [2.75, 3.05) is 19.6 Å². The average molecular weight is 521 g/mol. The number of guanidine groups is 1. The lowest BCUT2D eigenvalue weighted by molar-refractivity contribution is -0.133. The van der Waals surface area contributed by atoms with Crippen LogP contribution in [-0.2, 0) is 9.59 Å². The lowest BCUT2D eigenvalue weighted by Crippen LogP contribution is -2.50. The van der Waals surface area contributed by atoms with Gasteiger partial charge in [0, 0.05) is 19.6 Å². The van der Waals surface area contributed by atoms with Gasteiger partial charge in [-0.2, -0.15) is 0 Å². The molecule has 2 unspecified atom stereocenters. The van der Waals surface area contributed by atoms with Gasteiger partial charge in [-0.05, 0) is 55.9 Å². The number of likely N-dealkylation sites (tertiary alicyclic amines) is 1. The van der Waals surface area contributed by atoms with Crippen molar-refractivity contribution in [3.8, 4) is 0 Å². The van der Waals surface area contributed by atoms with Crippen LogP contribution < -0.4 is 5.32 Å². The fraction of sp³-hybridized carbons (Fsp3) is 0.719. The number of nitrogens with zero attached hydrogens (tertiary/aromatic N) is 2. The van der Waals surface area contributed by atoms with E-state index in [9.17, 15) is 9.59 Å². The third-order valence-corrected chi connectivity index (χ3v) is 10.0. The number of benzene rings is 1. The highest BCUT2D eigenvalue weighted by atomic mass is 16.2. The van der Waals surface area contributed by atoms with Gasteiger partial charge in [-0.3, -0.25) is 19.9 Å². The number of hydrogen-bond donors (Lipinski definition) is 2. The first kappa shape index (κ1) is 27.2. The molecular weight excluding hydrogens is 472 g/mol. The zero-order chi connectivity index (χ0) is 26.5. The van der Waals surface area contributed by atoms with Crippen molar-refractivity contribution in [3.63, 3.8) is 0 Å². The van der Waals surface area contributed by atoms with Crippen LogP contribution in [0, 0.1) is 23.2 Å². The van der Waals surface area contributed by atoms with Gasteiger partial charge in [0.05, 0.1) is 5.92 Å². The van der Waals surface area contributed by atoms with Gasteiger partial charge in [-0.15, -0.1) is 0 Å². The van der Waals surface area contributed by atoms with Gasteiger partial charge >= 0.3 is 0 Å². The van der Waals surface area contributed by atoms with Gasteiger partial charge in [-0.1, -0.05) is 94.5 Å². The van der Waals surface area contributed by atoms with Gasteiger partial charge in [0.25, 0.3) is 5.91 Å². The van der Waals surface area contributed by atoms with Crippen LogP contribution in [0.25, 0.3) is 0 Å². The second-order valence-corrected chi connectivity index (χ2v) is 12.8. The predicted octanol–water partition coefficient (Wildman–Crippen LogP) is 6.07. The van der Waals surface area contributed by atoms with Gasteiger partial charge in [0.1, 0.15) is 5.54 Å². The summed E-state index contributed by atoms with van der Waals surface area (Å²) in [7, 11) is 0. The van der Waals surface area contributed by atoms with Crippen molar-refractivity contribution < 1.29 is 9.59 Å². The van der Waals surface area contributed by atoms with E-state index in [1.54, 1.807) is 4.90 Å². The van der Waals surface area contributed by atoms with Crippen LogP contribution in [0.3, 0.4) is 0 Å². The largest absolute Gasteiger partial charge is 0.342 e. The smallest absolute Gasteiger partial charge is 0.255 e. The summed E-state index contributed by atoms with van der Waals surface area (Å²) in [6.45, 7) is 4.13. The number of amides is 2. The number of hydrogen-bond acceptors (Lipinski definition) is 3. The van der Waals surface area contributed by atoms with Crippen molar-refractivity contribution in [2.24, 2.45) is 17.8 Å². The minimum absolute atomic E-state index is 0.132. The average Bonchev–Trinajstić information content (AvgIpc) is 3.50. The lowest BCUT2D eigenvalue weighted by Gasteiger charge is -2.36. The first-order valence-corrected chi connectivity index (χ1v) is 15.5. The van der Waals surface area contributed by atoms with Crippen LogP contribution in [0.15, 0.2) is 30.3 Å². The highest BCUT2D eigenvalue weighted by Crippen LogP contribution is 2.40. The molecule has 2 aliphatic carbocycles. The molecule has 0 spiro atoms. The Balaban J connectivity index is 1.19. The summed E-state index contributed by atoms with van der Waals surface area (Å²) in [4.78, 5) is 31.0. The molecule has 2 atom stereocenters. The first-order valence-electron chi connectivity index (χ1n) is 15.5. The molecule has 2 N–H and O–H groups in total. The Morgan fingerprint density at radius 1 is 0.947 bits per heavy atom. The SMILES string of the molecule is CC(C(=O)N1CCC(CCN2C(=N)NC(CC3CCCCC3)(CC3CCCCC3)C2=O)C1)c1ccccc1. The maximum absolute atomic E-state index is 14.1. The fourth-order valence-corrected chi connectivity index (χ4v) is 7.79. The van der Waals surface area contributed by atoms with Gasteiger partial charge < -0.3 is 10.2 Å². The highest BCUT2D eigenvalue weighted by Gasteiger charge is 2.51. The molecule has 6 heteroatoms. The van der Waals surface area contributed by atoms with Crippen LogP contribution in [0.5, 0.6) is 0 Å². The summed E-state index contributed by atoms with van der Waals surface area (Å²) in [6.07, 6.45) is 16.3. The van der Waals surface area contributed by atoms with Crippen LogP contribution in [0.4, 0.5) is 0 Å². The zero-order valence-corrected chi connectivity index (χ0v) is 23.4. The molecular formula is C32H48N4O2. The summed E-state index contributed by atoms with van der Waals surface area (Å²) in [5.41, 5.74) is 0.486. The Morgan fingerprint density at radius 2 is 1.55 bits per heavy atom. The maximum atomic E-state index is 14.1. The van der Waals surface area contributed by atoms with E-state index in [0.717, 1.165) is 44.3 Å². The van der Waals surface area contributed by atoms with Gasteiger partial charge in [0.2, 0.25) is 5.91 Å². The van der Waals surface area contributed by atoms with Gasteiger partial charge in [-0.25, -0.2) is 0 Å². The monoisotopic (exact) mass is 520 g/mol. The van der Waals surface area contributed by atoms with E-state index in [-0.39, 0.29) is 17.7 Å². The van der Waals surface area contributed by atoms with Crippen LogP contribution in [0.2, 0.25) is 0 Å².